The van der Waals surface area contributed by atoms with Crippen LogP contribution in [0.3, 0.4) is 0 Å². The summed E-state index contributed by atoms with van der Waals surface area (Å²) >= 11 is 0. The summed E-state index contributed by atoms with van der Waals surface area (Å²) < 4.78 is 64.2. The summed E-state index contributed by atoms with van der Waals surface area (Å²) in [6.45, 7) is 1.12. The lowest BCUT2D eigenvalue weighted by Crippen LogP contribution is -2.31. The van der Waals surface area contributed by atoms with E-state index in [1.54, 1.807) is 12.1 Å². The fourth-order valence-corrected chi connectivity index (χ4v) is 4.46. The quantitative estimate of drug-likeness (QED) is 0.778. The zero-order chi connectivity index (χ0) is 18.0. The number of halogens is 1. The predicted molar refractivity (Wildman–Crippen MR) is 88.1 cm³/mol. The van der Waals surface area contributed by atoms with E-state index in [1.165, 1.54) is 31.5 Å². The highest BCUT2D eigenvalue weighted by molar-refractivity contribution is 7.92. The normalized spacial score (nSPS) is 13.6. The first-order chi connectivity index (χ1) is 11.1. The smallest absolute Gasteiger partial charge is 0.208 e. The van der Waals surface area contributed by atoms with Gasteiger partial charge in [0.2, 0.25) is 10.0 Å². The molecule has 6 nitrogen and oxygen atoms in total. The number of pyridine rings is 1. The van der Waals surface area contributed by atoms with Gasteiger partial charge >= 0.3 is 0 Å². The van der Waals surface area contributed by atoms with Crippen molar-refractivity contribution in [2.45, 2.75) is 17.1 Å². The van der Waals surface area contributed by atoms with Crippen molar-refractivity contribution in [1.29, 1.82) is 0 Å². The third kappa shape index (κ3) is 4.37. The van der Waals surface area contributed by atoms with E-state index in [0.29, 0.717) is 5.56 Å². The number of aromatic nitrogens is 1. The Bertz CT molecular complexity index is 929. The van der Waals surface area contributed by atoms with Gasteiger partial charge in [-0.2, -0.15) is 0 Å². The molecule has 1 aromatic carbocycles. The van der Waals surface area contributed by atoms with Crippen LogP contribution in [0, 0.1) is 12.7 Å². The van der Waals surface area contributed by atoms with Crippen molar-refractivity contribution in [3.8, 4) is 0 Å². The molecule has 2 aromatic rings. The van der Waals surface area contributed by atoms with Gasteiger partial charge in [-0.1, -0.05) is 6.07 Å². The van der Waals surface area contributed by atoms with E-state index in [4.69, 9.17) is 0 Å². The number of nitrogens with zero attached hydrogens (tertiary/aromatic N) is 1. The lowest BCUT2D eigenvalue weighted by atomic mass is 10.2. The standard InChI is InChI=1S/C15H17FN2O4S2/c1-11-8-13(5-6-14(11)16)24(21,22)15(10-18-23(2,19)20)12-4-3-7-17-9-12/h3-9,15,18H,10H2,1-2H3. The van der Waals surface area contributed by atoms with Crippen LogP contribution in [0.5, 0.6) is 0 Å². The minimum atomic E-state index is -3.95. The van der Waals surface area contributed by atoms with Crippen LogP contribution in [0.4, 0.5) is 4.39 Å². The van der Waals surface area contributed by atoms with Crippen molar-refractivity contribution in [1.82, 2.24) is 9.71 Å². The Morgan fingerprint density at radius 2 is 1.92 bits per heavy atom. The molecule has 0 fully saturated rings. The topological polar surface area (TPSA) is 93.2 Å². The molecular weight excluding hydrogens is 355 g/mol. The number of hydrogen-bond acceptors (Lipinski definition) is 5. The molecule has 0 saturated carbocycles. The molecule has 0 aliphatic carbocycles. The maximum atomic E-state index is 13.4. The fourth-order valence-electron chi connectivity index (χ4n) is 2.16. The first-order valence-electron chi connectivity index (χ1n) is 6.96. The van der Waals surface area contributed by atoms with Crippen molar-refractivity contribution in [3.63, 3.8) is 0 Å². The van der Waals surface area contributed by atoms with E-state index >= 15 is 0 Å². The lowest BCUT2D eigenvalue weighted by molar-refractivity contribution is 0.570. The molecule has 0 aliphatic rings. The van der Waals surface area contributed by atoms with Crippen LogP contribution in [0.1, 0.15) is 16.4 Å². The number of rotatable bonds is 6. The maximum absolute atomic E-state index is 13.4. The number of sulfone groups is 1. The average Bonchev–Trinajstić information content (AvgIpc) is 2.49. The lowest BCUT2D eigenvalue weighted by Gasteiger charge is -2.18. The van der Waals surface area contributed by atoms with Gasteiger partial charge in [-0.3, -0.25) is 4.98 Å². The minimum Gasteiger partial charge on any atom is -0.264 e. The van der Waals surface area contributed by atoms with Gasteiger partial charge in [0.15, 0.2) is 9.84 Å². The first-order valence-corrected chi connectivity index (χ1v) is 10.4. The largest absolute Gasteiger partial charge is 0.264 e. The molecule has 0 saturated heterocycles. The third-order valence-electron chi connectivity index (χ3n) is 3.42. The molecule has 0 aliphatic heterocycles. The summed E-state index contributed by atoms with van der Waals surface area (Å²) in [7, 11) is -7.53. The predicted octanol–water partition coefficient (Wildman–Crippen LogP) is 1.59. The van der Waals surface area contributed by atoms with Crippen molar-refractivity contribution in [2.24, 2.45) is 0 Å². The van der Waals surface area contributed by atoms with E-state index in [1.807, 2.05) is 0 Å². The van der Waals surface area contributed by atoms with E-state index in [9.17, 15) is 21.2 Å². The summed E-state index contributed by atoms with van der Waals surface area (Å²) in [6, 6.07) is 6.59. The van der Waals surface area contributed by atoms with Crippen LogP contribution < -0.4 is 4.72 Å². The highest BCUT2D eigenvalue weighted by atomic mass is 32.2. The Kier molecular flexibility index (Phi) is 5.36. The monoisotopic (exact) mass is 372 g/mol. The molecule has 130 valence electrons. The molecule has 0 spiro atoms. The Morgan fingerprint density at radius 1 is 1.21 bits per heavy atom. The molecule has 0 bridgehead atoms. The summed E-state index contributed by atoms with van der Waals surface area (Å²) in [5, 5.41) is -1.18. The second-order valence-corrected chi connectivity index (χ2v) is 9.32. The molecule has 1 atom stereocenters. The van der Waals surface area contributed by atoms with Crippen molar-refractivity contribution in [2.75, 3.05) is 12.8 Å². The fraction of sp³-hybridized carbons (Fsp3) is 0.267. The van der Waals surface area contributed by atoms with Gasteiger partial charge in [-0.15, -0.1) is 0 Å². The van der Waals surface area contributed by atoms with Crippen LogP contribution in [0.2, 0.25) is 0 Å². The van der Waals surface area contributed by atoms with Gasteiger partial charge in [0.25, 0.3) is 0 Å². The average molecular weight is 372 g/mol. The number of aryl methyl sites for hydroxylation is 1. The second-order valence-electron chi connectivity index (χ2n) is 5.35. The molecule has 1 heterocycles. The molecule has 2 rings (SSSR count). The zero-order valence-corrected chi connectivity index (χ0v) is 14.7. The SMILES string of the molecule is Cc1cc(S(=O)(=O)C(CNS(C)(=O)=O)c2cccnc2)ccc1F. The van der Waals surface area contributed by atoms with E-state index in [2.05, 4.69) is 9.71 Å². The van der Waals surface area contributed by atoms with E-state index in [0.717, 1.165) is 12.3 Å². The number of hydrogen-bond donors (Lipinski definition) is 1. The zero-order valence-electron chi connectivity index (χ0n) is 13.1. The Hall–Kier alpha value is -1.84. The van der Waals surface area contributed by atoms with Crippen molar-refractivity contribution in [3.05, 3.63) is 59.7 Å². The van der Waals surface area contributed by atoms with Gasteiger partial charge in [0.1, 0.15) is 11.1 Å². The molecule has 24 heavy (non-hydrogen) atoms. The van der Waals surface area contributed by atoms with Crippen molar-refractivity contribution < 1.29 is 21.2 Å². The summed E-state index contributed by atoms with van der Waals surface area (Å²) in [4.78, 5) is 3.81. The molecule has 0 amide bonds. The maximum Gasteiger partial charge on any atom is 0.208 e. The van der Waals surface area contributed by atoms with E-state index < -0.39 is 30.9 Å². The number of benzene rings is 1. The van der Waals surface area contributed by atoms with E-state index in [-0.39, 0.29) is 17.0 Å². The van der Waals surface area contributed by atoms with Gasteiger partial charge in [0.05, 0.1) is 11.2 Å². The number of nitrogens with one attached hydrogen (secondary N) is 1. The Morgan fingerprint density at radius 3 is 2.46 bits per heavy atom. The molecule has 1 unspecified atom stereocenters. The summed E-state index contributed by atoms with van der Waals surface area (Å²) in [5.41, 5.74) is 0.535. The number of sulfonamides is 1. The van der Waals surface area contributed by atoms with Gasteiger partial charge in [-0.05, 0) is 42.3 Å². The van der Waals surface area contributed by atoms with Gasteiger partial charge in [-0.25, -0.2) is 25.9 Å². The van der Waals surface area contributed by atoms with Gasteiger partial charge in [0, 0.05) is 18.9 Å². The van der Waals surface area contributed by atoms with Gasteiger partial charge < -0.3 is 0 Å². The van der Waals surface area contributed by atoms with Crippen LogP contribution in [0.25, 0.3) is 0 Å². The van der Waals surface area contributed by atoms with Crippen LogP contribution in [-0.2, 0) is 19.9 Å². The molecule has 9 heteroatoms. The Labute approximate surface area is 140 Å². The summed E-state index contributed by atoms with van der Waals surface area (Å²) in [6.07, 6.45) is 3.80. The third-order valence-corrected chi connectivity index (χ3v) is 6.21. The minimum absolute atomic E-state index is 0.0782. The van der Waals surface area contributed by atoms with Crippen LogP contribution >= 0.6 is 0 Å². The van der Waals surface area contributed by atoms with Crippen LogP contribution in [-0.4, -0.2) is 34.6 Å². The van der Waals surface area contributed by atoms with Crippen LogP contribution in [0.15, 0.2) is 47.6 Å². The Balaban J connectivity index is 2.50. The highest BCUT2D eigenvalue weighted by Gasteiger charge is 2.30. The second kappa shape index (κ2) is 6.96. The summed E-state index contributed by atoms with van der Waals surface area (Å²) in [5.74, 6) is -0.513. The molecule has 0 radical (unpaired) electrons. The highest BCUT2D eigenvalue weighted by Crippen LogP contribution is 2.29. The van der Waals surface area contributed by atoms with Crippen molar-refractivity contribution >= 4 is 19.9 Å². The molecule has 1 aromatic heterocycles. The molecular formula is C15H17FN2O4S2. The molecule has 1 N–H and O–H groups in total. The first kappa shape index (κ1) is 18.5.